The zero-order valence-electron chi connectivity index (χ0n) is 17.6. The van der Waals surface area contributed by atoms with Gasteiger partial charge in [0, 0.05) is 25.1 Å². The fourth-order valence-corrected chi connectivity index (χ4v) is 3.61. The number of hydrogen-bond acceptors (Lipinski definition) is 5. The summed E-state index contributed by atoms with van der Waals surface area (Å²) in [7, 11) is 0. The second kappa shape index (κ2) is 8.64. The van der Waals surface area contributed by atoms with Gasteiger partial charge in [-0.2, -0.15) is 18.2 Å². The van der Waals surface area contributed by atoms with Crippen molar-refractivity contribution >= 4 is 5.91 Å². The average Bonchev–Trinajstić information content (AvgIpc) is 3.36. The van der Waals surface area contributed by atoms with Crippen LogP contribution < -0.4 is 4.74 Å². The number of benzene rings is 2. The van der Waals surface area contributed by atoms with Gasteiger partial charge in [-0.3, -0.25) is 4.79 Å². The fourth-order valence-electron chi connectivity index (χ4n) is 3.61. The van der Waals surface area contributed by atoms with Crippen molar-refractivity contribution in [1.29, 1.82) is 0 Å². The molecule has 0 saturated carbocycles. The molecule has 0 N–H and O–H groups in total. The van der Waals surface area contributed by atoms with Crippen molar-refractivity contribution in [3.05, 3.63) is 65.5 Å². The molecule has 1 aliphatic rings. The molecule has 1 aliphatic heterocycles. The summed E-state index contributed by atoms with van der Waals surface area (Å²) in [5.74, 6) is 0.725. The third-order valence-electron chi connectivity index (χ3n) is 5.12. The molecular weight excluding hydrogens is 423 g/mol. The number of rotatable bonds is 6. The normalized spacial score (nSPS) is 16.8. The zero-order chi connectivity index (χ0) is 22.9. The van der Waals surface area contributed by atoms with Crippen molar-refractivity contribution in [3.63, 3.8) is 0 Å². The lowest BCUT2D eigenvalue weighted by Crippen LogP contribution is -2.24. The molecule has 1 saturated heterocycles. The molecule has 32 heavy (non-hydrogen) atoms. The van der Waals surface area contributed by atoms with Crippen LogP contribution in [0.2, 0.25) is 0 Å². The predicted octanol–water partition coefficient (Wildman–Crippen LogP) is 5.06. The predicted molar refractivity (Wildman–Crippen MR) is 110 cm³/mol. The molecule has 1 atom stereocenters. The van der Waals surface area contributed by atoms with Crippen LogP contribution in [0.5, 0.6) is 5.75 Å². The highest BCUT2D eigenvalue weighted by atomic mass is 19.4. The van der Waals surface area contributed by atoms with Crippen LogP contribution in [0.3, 0.4) is 0 Å². The van der Waals surface area contributed by atoms with E-state index in [1.165, 1.54) is 12.1 Å². The minimum absolute atomic E-state index is 0.0451. The molecule has 168 valence electrons. The van der Waals surface area contributed by atoms with Crippen LogP contribution >= 0.6 is 0 Å². The fraction of sp³-hybridized carbons (Fsp3) is 0.348. The maximum Gasteiger partial charge on any atom is 0.416 e. The van der Waals surface area contributed by atoms with E-state index in [0.717, 1.165) is 23.4 Å². The number of alkyl halides is 3. The molecule has 4 rings (SSSR count). The van der Waals surface area contributed by atoms with Gasteiger partial charge < -0.3 is 14.2 Å². The quantitative estimate of drug-likeness (QED) is 0.531. The summed E-state index contributed by atoms with van der Waals surface area (Å²) in [5, 5.41) is 3.82. The molecule has 2 heterocycles. The monoisotopic (exact) mass is 445 g/mol. The van der Waals surface area contributed by atoms with E-state index in [4.69, 9.17) is 9.26 Å². The number of nitrogens with zero attached hydrogens (tertiary/aromatic N) is 3. The molecule has 3 aromatic rings. The standard InChI is InChI=1S/C23H22F3N3O3/c1-14(2)31-19-8-6-15(7-9-19)12-29-13-17(11-20(29)30)22-27-21(28-32-22)16-4-3-5-18(10-16)23(24,25)26/h3-10,14,17H,11-13H2,1-2H3. The van der Waals surface area contributed by atoms with Crippen LogP contribution in [0.15, 0.2) is 53.1 Å². The molecule has 1 fully saturated rings. The minimum atomic E-state index is -4.46. The Morgan fingerprint density at radius 1 is 1.19 bits per heavy atom. The first-order valence-corrected chi connectivity index (χ1v) is 10.2. The Labute approximate surface area is 183 Å². The van der Waals surface area contributed by atoms with Crippen molar-refractivity contribution in [2.45, 2.75) is 45.0 Å². The first kappa shape index (κ1) is 21.9. The third-order valence-corrected chi connectivity index (χ3v) is 5.12. The SMILES string of the molecule is CC(C)Oc1ccc(CN2CC(c3nc(-c4cccc(C(F)(F)F)c4)no3)CC2=O)cc1. The van der Waals surface area contributed by atoms with Crippen molar-refractivity contribution in [3.8, 4) is 17.1 Å². The molecule has 1 unspecified atom stereocenters. The van der Waals surface area contributed by atoms with E-state index in [1.54, 1.807) is 4.90 Å². The number of carbonyl (C=O) groups excluding carboxylic acids is 1. The molecule has 0 spiro atoms. The van der Waals surface area contributed by atoms with Gasteiger partial charge in [0.1, 0.15) is 5.75 Å². The third kappa shape index (κ3) is 4.92. The van der Waals surface area contributed by atoms with Gasteiger partial charge in [0.05, 0.1) is 17.6 Å². The van der Waals surface area contributed by atoms with Gasteiger partial charge in [-0.25, -0.2) is 0 Å². The van der Waals surface area contributed by atoms with Crippen LogP contribution in [0.4, 0.5) is 13.2 Å². The van der Waals surface area contributed by atoms with Crippen LogP contribution in [0, 0.1) is 0 Å². The number of likely N-dealkylation sites (tertiary alicyclic amines) is 1. The summed E-state index contributed by atoms with van der Waals surface area (Å²) in [4.78, 5) is 18.5. The lowest BCUT2D eigenvalue weighted by atomic mass is 10.1. The molecule has 1 aromatic heterocycles. The number of carbonyl (C=O) groups is 1. The van der Waals surface area contributed by atoms with Crippen molar-refractivity contribution in [1.82, 2.24) is 15.0 Å². The van der Waals surface area contributed by atoms with Gasteiger partial charge in [0.2, 0.25) is 17.6 Å². The Hall–Kier alpha value is -3.36. The summed E-state index contributed by atoms with van der Waals surface area (Å²) in [5.41, 5.74) is 0.387. The lowest BCUT2D eigenvalue weighted by molar-refractivity contribution is -0.137. The molecular formula is C23H22F3N3O3. The smallest absolute Gasteiger partial charge is 0.416 e. The van der Waals surface area contributed by atoms with Crippen LogP contribution in [0.25, 0.3) is 11.4 Å². The maximum atomic E-state index is 13.0. The molecule has 0 radical (unpaired) electrons. The topological polar surface area (TPSA) is 68.5 Å². The summed E-state index contributed by atoms with van der Waals surface area (Å²) < 4.78 is 49.8. The van der Waals surface area contributed by atoms with Gasteiger partial charge >= 0.3 is 6.18 Å². The number of hydrogen-bond donors (Lipinski definition) is 0. The van der Waals surface area contributed by atoms with Crippen molar-refractivity contribution in [2.75, 3.05) is 6.54 Å². The molecule has 0 aliphatic carbocycles. The Kier molecular flexibility index (Phi) is 5.90. The minimum Gasteiger partial charge on any atom is -0.491 e. The van der Waals surface area contributed by atoms with Gasteiger partial charge in [-0.1, -0.05) is 29.4 Å². The Balaban J connectivity index is 1.43. The number of amides is 1. The van der Waals surface area contributed by atoms with Gasteiger partial charge in [-0.15, -0.1) is 0 Å². The number of aromatic nitrogens is 2. The van der Waals surface area contributed by atoms with E-state index < -0.39 is 11.7 Å². The van der Waals surface area contributed by atoms with Crippen molar-refractivity contribution < 1.29 is 27.2 Å². The highest BCUT2D eigenvalue weighted by Crippen LogP contribution is 2.33. The Bertz CT molecular complexity index is 1090. The van der Waals surface area contributed by atoms with Crippen LogP contribution in [-0.2, 0) is 17.5 Å². The molecule has 2 aromatic carbocycles. The Morgan fingerprint density at radius 3 is 2.62 bits per heavy atom. The summed E-state index contributed by atoms with van der Waals surface area (Å²) in [6.07, 6.45) is -4.17. The highest BCUT2D eigenvalue weighted by Gasteiger charge is 2.35. The summed E-state index contributed by atoms with van der Waals surface area (Å²) >= 11 is 0. The van der Waals surface area contributed by atoms with Crippen molar-refractivity contribution in [2.24, 2.45) is 0 Å². The Morgan fingerprint density at radius 2 is 1.94 bits per heavy atom. The van der Waals surface area contributed by atoms with E-state index in [9.17, 15) is 18.0 Å². The van der Waals surface area contributed by atoms with E-state index in [1.807, 2.05) is 38.1 Å². The number of halogens is 3. The van der Waals surface area contributed by atoms with Gasteiger partial charge in [0.25, 0.3) is 0 Å². The molecule has 9 heteroatoms. The van der Waals surface area contributed by atoms with E-state index in [-0.39, 0.29) is 41.6 Å². The van der Waals surface area contributed by atoms with Gasteiger partial charge in [-0.05, 0) is 43.7 Å². The largest absolute Gasteiger partial charge is 0.491 e. The van der Waals surface area contributed by atoms with Crippen LogP contribution in [0.1, 0.15) is 43.2 Å². The summed E-state index contributed by atoms with van der Waals surface area (Å²) in [6.45, 7) is 4.74. The summed E-state index contributed by atoms with van der Waals surface area (Å²) in [6, 6.07) is 12.3. The number of ether oxygens (including phenoxy) is 1. The van der Waals surface area contributed by atoms with Crippen LogP contribution in [-0.4, -0.2) is 33.6 Å². The lowest BCUT2D eigenvalue weighted by Gasteiger charge is -2.16. The molecule has 6 nitrogen and oxygen atoms in total. The molecule has 1 amide bonds. The second-order valence-corrected chi connectivity index (χ2v) is 8.02. The van der Waals surface area contributed by atoms with E-state index >= 15 is 0 Å². The second-order valence-electron chi connectivity index (χ2n) is 8.02. The zero-order valence-corrected chi connectivity index (χ0v) is 17.6. The van der Waals surface area contributed by atoms with Gasteiger partial charge in [0.15, 0.2) is 0 Å². The maximum absolute atomic E-state index is 13.0. The average molecular weight is 445 g/mol. The first-order chi connectivity index (χ1) is 15.2. The molecule has 0 bridgehead atoms. The van der Waals surface area contributed by atoms with E-state index in [2.05, 4.69) is 10.1 Å². The van der Waals surface area contributed by atoms with E-state index in [0.29, 0.717) is 13.1 Å². The first-order valence-electron chi connectivity index (χ1n) is 10.2. The highest BCUT2D eigenvalue weighted by molar-refractivity contribution is 5.79.